The monoisotopic (exact) mass is 225 g/mol. The third-order valence-electron chi connectivity index (χ3n) is 1.32. The van der Waals surface area contributed by atoms with Gasteiger partial charge in [-0.05, 0) is 0 Å². The van der Waals surface area contributed by atoms with Gasteiger partial charge >= 0.3 is 6.18 Å². The highest BCUT2D eigenvalue weighted by molar-refractivity contribution is 6.31. The maximum absolute atomic E-state index is 12.3. The van der Waals surface area contributed by atoms with E-state index < -0.39 is 28.4 Å². The summed E-state index contributed by atoms with van der Waals surface area (Å²) in [6.45, 7) is 0. The minimum Gasteiger partial charge on any atom is -0.364 e. The third-order valence-corrected chi connectivity index (χ3v) is 1.61. The summed E-state index contributed by atoms with van der Waals surface area (Å²) in [4.78, 5) is 10.6. The molecule has 0 aliphatic rings. The van der Waals surface area contributed by atoms with Crippen molar-refractivity contribution in [2.24, 2.45) is 5.73 Å². The van der Waals surface area contributed by atoms with Crippen LogP contribution in [0.15, 0.2) is 6.20 Å². The number of hydrogen-bond donors (Lipinski definition) is 1. The molecule has 8 heteroatoms. The first-order valence-electron chi connectivity index (χ1n) is 3.22. The fraction of sp³-hybridized carbons (Fsp3) is 0.167. The van der Waals surface area contributed by atoms with Crippen molar-refractivity contribution in [2.45, 2.75) is 6.18 Å². The molecule has 0 spiro atoms. The van der Waals surface area contributed by atoms with Crippen LogP contribution in [0.1, 0.15) is 16.1 Å². The van der Waals surface area contributed by atoms with E-state index in [4.69, 9.17) is 11.6 Å². The van der Waals surface area contributed by atoms with Crippen molar-refractivity contribution in [3.63, 3.8) is 0 Å². The molecule has 1 aromatic rings. The highest BCUT2D eigenvalue weighted by Gasteiger charge is 2.38. The van der Waals surface area contributed by atoms with Gasteiger partial charge in [0.25, 0.3) is 5.91 Å². The molecule has 14 heavy (non-hydrogen) atoms. The fourth-order valence-corrected chi connectivity index (χ4v) is 1.05. The summed E-state index contributed by atoms with van der Waals surface area (Å²) in [7, 11) is 0. The molecule has 2 N–H and O–H groups in total. The normalized spacial score (nSPS) is 11.4. The standard InChI is InChI=1S/C6H3ClF3N3O/c7-2-1-12-13-4(5(11)14)3(2)6(8,9)10/h1H,(H2,11,14). The molecule has 0 aliphatic heterocycles. The van der Waals surface area contributed by atoms with Gasteiger partial charge in [-0.25, -0.2) is 0 Å². The SMILES string of the molecule is NC(=O)c1nncc(Cl)c1C(F)(F)F. The Morgan fingerprint density at radius 2 is 2.07 bits per heavy atom. The molecule has 1 aromatic heterocycles. The van der Waals surface area contributed by atoms with Crippen molar-refractivity contribution < 1.29 is 18.0 Å². The van der Waals surface area contributed by atoms with Gasteiger partial charge in [-0.1, -0.05) is 11.6 Å². The van der Waals surface area contributed by atoms with E-state index in [9.17, 15) is 18.0 Å². The molecule has 0 bridgehead atoms. The van der Waals surface area contributed by atoms with E-state index in [2.05, 4.69) is 15.9 Å². The first-order chi connectivity index (χ1) is 6.34. The zero-order valence-electron chi connectivity index (χ0n) is 6.47. The van der Waals surface area contributed by atoms with Gasteiger partial charge in [0, 0.05) is 0 Å². The molecule has 1 heterocycles. The number of amides is 1. The summed E-state index contributed by atoms with van der Waals surface area (Å²) in [5, 5.41) is 5.37. The van der Waals surface area contributed by atoms with E-state index in [1.165, 1.54) is 0 Å². The number of carbonyl (C=O) groups excluding carboxylic acids is 1. The quantitative estimate of drug-likeness (QED) is 0.782. The Morgan fingerprint density at radius 1 is 1.50 bits per heavy atom. The smallest absolute Gasteiger partial charge is 0.364 e. The van der Waals surface area contributed by atoms with E-state index in [0.717, 1.165) is 0 Å². The molecule has 0 saturated carbocycles. The molecule has 0 aliphatic carbocycles. The van der Waals surface area contributed by atoms with Crippen LogP contribution in [0.4, 0.5) is 13.2 Å². The van der Waals surface area contributed by atoms with Gasteiger partial charge in [-0.3, -0.25) is 4.79 Å². The lowest BCUT2D eigenvalue weighted by molar-refractivity contribution is -0.138. The number of aromatic nitrogens is 2. The number of hydrogen-bond acceptors (Lipinski definition) is 3. The maximum atomic E-state index is 12.3. The Morgan fingerprint density at radius 3 is 2.43 bits per heavy atom. The predicted molar refractivity (Wildman–Crippen MR) is 40.6 cm³/mol. The number of nitrogens with zero attached hydrogens (tertiary/aromatic N) is 2. The van der Waals surface area contributed by atoms with Crippen LogP contribution >= 0.6 is 11.6 Å². The summed E-state index contributed by atoms with van der Waals surface area (Å²) in [5.74, 6) is -1.33. The molecule has 76 valence electrons. The van der Waals surface area contributed by atoms with Crippen molar-refractivity contribution in [1.82, 2.24) is 10.2 Å². The van der Waals surface area contributed by atoms with Crippen LogP contribution in [-0.4, -0.2) is 16.1 Å². The van der Waals surface area contributed by atoms with Gasteiger partial charge in [0.05, 0.1) is 11.2 Å². The zero-order chi connectivity index (χ0) is 10.9. The Balaban J connectivity index is 3.45. The van der Waals surface area contributed by atoms with Gasteiger partial charge in [-0.2, -0.15) is 18.3 Å². The van der Waals surface area contributed by atoms with Crippen LogP contribution in [-0.2, 0) is 6.18 Å². The van der Waals surface area contributed by atoms with Crippen molar-refractivity contribution >= 4 is 17.5 Å². The Hall–Kier alpha value is -1.37. The van der Waals surface area contributed by atoms with Crippen LogP contribution in [0.5, 0.6) is 0 Å². The van der Waals surface area contributed by atoms with E-state index in [1.807, 2.05) is 0 Å². The number of halogens is 4. The van der Waals surface area contributed by atoms with Gasteiger partial charge in [0.2, 0.25) is 0 Å². The summed E-state index contributed by atoms with van der Waals surface area (Å²) in [5.41, 5.74) is 2.34. The molecule has 0 aromatic carbocycles. The van der Waals surface area contributed by atoms with Crippen LogP contribution in [0.25, 0.3) is 0 Å². The minimum atomic E-state index is -4.78. The van der Waals surface area contributed by atoms with E-state index in [-0.39, 0.29) is 0 Å². The van der Waals surface area contributed by atoms with Crippen molar-refractivity contribution in [3.8, 4) is 0 Å². The first-order valence-corrected chi connectivity index (χ1v) is 3.60. The fourth-order valence-electron chi connectivity index (χ4n) is 0.807. The average molecular weight is 226 g/mol. The Kier molecular flexibility index (Phi) is 2.61. The lowest BCUT2D eigenvalue weighted by atomic mass is 10.2. The second kappa shape index (κ2) is 3.41. The number of carbonyl (C=O) groups is 1. The van der Waals surface area contributed by atoms with E-state index in [0.29, 0.717) is 6.20 Å². The van der Waals surface area contributed by atoms with Gasteiger partial charge < -0.3 is 5.73 Å². The number of primary amides is 1. The van der Waals surface area contributed by atoms with Crippen molar-refractivity contribution in [3.05, 3.63) is 22.5 Å². The minimum absolute atomic E-state index is 0.691. The molecule has 0 radical (unpaired) electrons. The average Bonchev–Trinajstić information content (AvgIpc) is 2.01. The van der Waals surface area contributed by atoms with Crippen LogP contribution in [0.3, 0.4) is 0 Å². The molecule has 0 atom stereocenters. The zero-order valence-corrected chi connectivity index (χ0v) is 7.23. The Labute approximate surface area is 80.9 Å². The van der Waals surface area contributed by atoms with Gasteiger partial charge in [-0.15, -0.1) is 5.10 Å². The van der Waals surface area contributed by atoms with Crippen molar-refractivity contribution in [1.29, 1.82) is 0 Å². The topological polar surface area (TPSA) is 68.9 Å². The molecule has 0 fully saturated rings. The summed E-state index contributed by atoms with van der Waals surface area (Å²) < 4.78 is 36.9. The largest absolute Gasteiger partial charge is 0.420 e. The van der Waals surface area contributed by atoms with Crippen LogP contribution in [0, 0.1) is 0 Å². The van der Waals surface area contributed by atoms with Crippen LogP contribution < -0.4 is 5.73 Å². The highest BCUT2D eigenvalue weighted by atomic mass is 35.5. The molecule has 4 nitrogen and oxygen atoms in total. The van der Waals surface area contributed by atoms with Gasteiger partial charge in [0.1, 0.15) is 5.56 Å². The lowest BCUT2D eigenvalue weighted by Crippen LogP contribution is -2.21. The summed E-state index contributed by atoms with van der Waals surface area (Å²) >= 11 is 5.23. The molecule has 0 saturated heterocycles. The second-order valence-corrected chi connectivity index (χ2v) is 2.69. The lowest BCUT2D eigenvalue weighted by Gasteiger charge is -2.09. The summed E-state index contributed by atoms with van der Waals surface area (Å²) in [6, 6.07) is 0. The molecule has 1 rings (SSSR count). The Bertz CT molecular complexity index is 379. The first kappa shape index (κ1) is 10.7. The van der Waals surface area contributed by atoms with E-state index >= 15 is 0 Å². The number of rotatable bonds is 1. The number of alkyl halides is 3. The van der Waals surface area contributed by atoms with Gasteiger partial charge in [0.15, 0.2) is 5.69 Å². The molecular formula is C6H3ClF3N3O. The molecule has 0 unspecified atom stereocenters. The third kappa shape index (κ3) is 1.92. The van der Waals surface area contributed by atoms with Crippen LogP contribution in [0.2, 0.25) is 5.02 Å². The molecular weight excluding hydrogens is 223 g/mol. The van der Waals surface area contributed by atoms with Crippen molar-refractivity contribution in [2.75, 3.05) is 0 Å². The second-order valence-electron chi connectivity index (χ2n) is 2.28. The predicted octanol–water partition coefficient (Wildman–Crippen LogP) is 1.25. The van der Waals surface area contributed by atoms with E-state index in [1.54, 1.807) is 0 Å². The maximum Gasteiger partial charge on any atom is 0.420 e. The molecule has 1 amide bonds. The number of nitrogens with two attached hydrogens (primary N) is 1. The summed E-state index contributed by atoms with van der Waals surface area (Å²) in [6.07, 6.45) is -4.09. The highest BCUT2D eigenvalue weighted by Crippen LogP contribution is 2.35.